The largest absolute Gasteiger partial charge is 0.423 e. The van der Waals surface area contributed by atoms with Gasteiger partial charge in [-0.3, -0.25) is 0 Å². The minimum absolute atomic E-state index is 0.0278. The molecule has 0 fully saturated rings. The lowest BCUT2D eigenvalue weighted by atomic mass is 9.94. The lowest BCUT2D eigenvalue weighted by Crippen LogP contribution is -2.14. The Balaban J connectivity index is 2.01. The number of carbonyl (C=O) groups excluding carboxylic acids is 3. The average molecular weight is 527 g/mol. The van der Waals surface area contributed by atoms with Gasteiger partial charge in [0, 0.05) is 23.8 Å². The van der Waals surface area contributed by atoms with E-state index >= 15 is 0 Å². The molecular weight excluding hydrogens is 496 g/mol. The summed E-state index contributed by atoms with van der Waals surface area (Å²) in [4.78, 5) is 36.4. The van der Waals surface area contributed by atoms with Crippen LogP contribution in [0.3, 0.4) is 0 Å². The van der Waals surface area contributed by atoms with E-state index in [1.807, 2.05) is 25.1 Å². The third kappa shape index (κ3) is 7.40. The van der Waals surface area contributed by atoms with Gasteiger partial charge in [0.25, 0.3) is 0 Å². The third-order valence-electron chi connectivity index (χ3n) is 5.59. The first-order chi connectivity index (χ1) is 18.5. The molecule has 3 rings (SSSR count). The third-order valence-corrected chi connectivity index (χ3v) is 5.59. The number of hydrogen-bond donors (Lipinski definition) is 0. The van der Waals surface area contributed by atoms with Crippen LogP contribution in [0.5, 0.6) is 17.2 Å². The first-order valence-electron chi connectivity index (χ1n) is 12.0. The van der Waals surface area contributed by atoms with Crippen LogP contribution in [0.1, 0.15) is 19.4 Å². The molecule has 0 saturated heterocycles. The van der Waals surface area contributed by atoms with Gasteiger partial charge in [0.2, 0.25) is 0 Å². The molecule has 200 valence electrons. The Morgan fingerprint density at radius 1 is 0.667 bits per heavy atom. The van der Waals surface area contributed by atoms with Crippen molar-refractivity contribution in [2.45, 2.75) is 20.8 Å². The Morgan fingerprint density at radius 3 is 1.56 bits per heavy atom. The summed E-state index contributed by atoms with van der Waals surface area (Å²) in [5.74, 6) is -0.594. The van der Waals surface area contributed by atoms with Gasteiger partial charge in [-0.05, 0) is 79.4 Å². The quantitative estimate of drug-likeness (QED) is 0.172. The van der Waals surface area contributed by atoms with Crippen LogP contribution in [0.15, 0.2) is 97.1 Å². The van der Waals surface area contributed by atoms with Crippen molar-refractivity contribution in [1.29, 1.82) is 0 Å². The van der Waals surface area contributed by atoms with Gasteiger partial charge in [0.15, 0.2) is 0 Å². The maximum atomic E-state index is 12.7. The number of esters is 3. The van der Waals surface area contributed by atoms with Crippen molar-refractivity contribution in [1.82, 2.24) is 0 Å². The first kappa shape index (κ1) is 28.8. The minimum Gasteiger partial charge on any atom is -0.423 e. The molecule has 0 bridgehead atoms. The van der Waals surface area contributed by atoms with E-state index in [2.05, 4.69) is 19.7 Å². The van der Waals surface area contributed by atoms with E-state index in [0.29, 0.717) is 28.4 Å². The van der Waals surface area contributed by atoms with Crippen LogP contribution >= 0.6 is 0 Å². The maximum absolute atomic E-state index is 12.7. The van der Waals surface area contributed by atoms with Gasteiger partial charge < -0.3 is 18.9 Å². The van der Waals surface area contributed by atoms with Crippen LogP contribution in [-0.2, 0) is 19.1 Å². The summed E-state index contributed by atoms with van der Waals surface area (Å²) >= 11 is 0. The Hall–Kier alpha value is -4.75. The van der Waals surface area contributed by atoms with E-state index < -0.39 is 17.9 Å². The molecule has 0 aromatic heterocycles. The van der Waals surface area contributed by atoms with Crippen LogP contribution < -0.4 is 14.2 Å². The molecule has 7 heteroatoms. The summed E-state index contributed by atoms with van der Waals surface area (Å²) in [6, 6.07) is 17.5. The van der Waals surface area contributed by atoms with Gasteiger partial charge >= 0.3 is 17.9 Å². The molecule has 0 aliphatic carbocycles. The summed E-state index contributed by atoms with van der Waals surface area (Å²) in [5.41, 5.74) is 4.68. The predicted octanol–water partition coefficient (Wildman–Crippen LogP) is 6.40. The normalized spacial score (nSPS) is 10.4. The van der Waals surface area contributed by atoms with Crippen LogP contribution in [0.4, 0.5) is 0 Å². The highest BCUT2D eigenvalue weighted by molar-refractivity contribution is 5.92. The Labute approximate surface area is 228 Å². The molecule has 3 aromatic carbocycles. The van der Waals surface area contributed by atoms with Crippen molar-refractivity contribution in [3.8, 4) is 39.5 Å². The number of aryl methyl sites for hydroxylation is 1. The van der Waals surface area contributed by atoms with E-state index in [0.717, 1.165) is 22.3 Å². The molecule has 39 heavy (non-hydrogen) atoms. The van der Waals surface area contributed by atoms with Crippen LogP contribution in [-0.4, -0.2) is 31.6 Å². The molecule has 3 aromatic rings. The van der Waals surface area contributed by atoms with Crippen molar-refractivity contribution >= 4 is 17.9 Å². The van der Waals surface area contributed by atoms with Crippen molar-refractivity contribution in [3.63, 3.8) is 0 Å². The summed E-state index contributed by atoms with van der Waals surface area (Å²) in [6.07, 6.45) is 0. The summed E-state index contributed by atoms with van der Waals surface area (Å²) in [6.45, 7) is 16.0. The Bertz CT molecular complexity index is 1450. The van der Waals surface area contributed by atoms with E-state index in [1.54, 1.807) is 56.3 Å². The molecule has 0 N–H and O–H groups in total. The lowest BCUT2D eigenvalue weighted by molar-refractivity contribution is -0.131. The molecule has 0 atom stereocenters. The summed E-state index contributed by atoms with van der Waals surface area (Å²) in [7, 11) is 1.47. The molecule has 7 nitrogen and oxygen atoms in total. The molecule has 0 heterocycles. The highest BCUT2D eigenvalue weighted by Gasteiger charge is 2.18. The number of hydrogen-bond acceptors (Lipinski definition) is 7. The fourth-order valence-corrected chi connectivity index (χ4v) is 3.51. The number of carbonyl (C=O) groups is 3. The van der Waals surface area contributed by atoms with Gasteiger partial charge in [-0.2, -0.15) is 0 Å². The highest BCUT2D eigenvalue weighted by Crippen LogP contribution is 2.38. The molecular formula is C32H30O7. The highest BCUT2D eigenvalue weighted by atomic mass is 16.5. The molecule has 0 aliphatic rings. The molecule has 0 amide bonds. The van der Waals surface area contributed by atoms with Crippen LogP contribution in [0, 0.1) is 6.92 Å². The van der Waals surface area contributed by atoms with Gasteiger partial charge in [0.1, 0.15) is 17.2 Å². The fraction of sp³-hybridized carbons (Fsp3) is 0.156. The topological polar surface area (TPSA) is 88.1 Å². The smallest absolute Gasteiger partial charge is 0.341 e. The Morgan fingerprint density at radius 2 is 1.13 bits per heavy atom. The van der Waals surface area contributed by atoms with Gasteiger partial charge in [0.05, 0.1) is 12.2 Å². The van der Waals surface area contributed by atoms with E-state index in [-0.39, 0.29) is 17.8 Å². The second-order valence-electron chi connectivity index (χ2n) is 8.98. The zero-order valence-corrected chi connectivity index (χ0v) is 22.5. The number of methoxy groups -OCH3 is 1. The number of ether oxygens (including phenoxy) is 4. The van der Waals surface area contributed by atoms with Crippen molar-refractivity contribution in [2.75, 3.05) is 13.7 Å². The maximum Gasteiger partial charge on any atom is 0.341 e. The SMILES string of the molecule is C=C(C)C(=O)Oc1ccc(-c2cc(OC(=O)C(=C)COC)c(-c3ccc(OC(=O)C(=C)C)cc3)cc2C)cc1. The number of benzene rings is 3. The van der Waals surface area contributed by atoms with E-state index in [1.165, 1.54) is 7.11 Å². The number of rotatable bonds is 10. The van der Waals surface area contributed by atoms with Crippen LogP contribution in [0.25, 0.3) is 22.3 Å². The predicted molar refractivity (Wildman–Crippen MR) is 150 cm³/mol. The van der Waals surface area contributed by atoms with Gasteiger partial charge in [-0.1, -0.05) is 44.0 Å². The zero-order valence-electron chi connectivity index (χ0n) is 22.5. The van der Waals surface area contributed by atoms with Crippen molar-refractivity contribution < 1.29 is 33.3 Å². The second-order valence-corrected chi connectivity index (χ2v) is 8.98. The van der Waals surface area contributed by atoms with E-state index in [4.69, 9.17) is 18.9 Å². The molecule has 0 spiro atoms. The van der Waals surface area contributed by atoms with Gasteiger partial charge in [-0.15, -0.1) is 0 Å². The molecule has 0 aliphatic heterocycles. The second kappa shape index (κ2) is 12.7. The summed E-state index contributed by atoms with van der Waals surface area (Å²) in [5, 5.41) is 0. The van der Waals surface area contributed by atoms with Crippen molar-refractivity contribution in [3.05, 3.63) is 103 Å². The minimum atomic E-state index is -0.623. The van der Waals surface area contributed by atoms with E-state index in [9.17, 15) is 14.4 Å². The Kier molecular flexibility index (Phi) is 9.36. The van der Waals surface area contributed by atoms with Crippen molar-refractivity contribution in [2.24, 2.45) is 0 Å². The lowest BCUT2D eigenvalue weighted by Gasteiger charge is -2.16. The average Bonchev–Trinajstić information content (AvgIpc) is 2.90. The summed E-state index contributed by atoms with van der Waals surface area (Å²) < 4.78 is 21.3. The fourth-order valence-electron chi connectivity index (χ4n) is 3.51. The molecule has 0 saturated carbocycles. The van der Waals surface area contributed by atoms with Crippen LogP contribution in [0.2, 0.25) is 0 Å². The monoisotopic (exact) mass is 526 g/mol. The zero-order chi connectivity index (χ0) is 28.7. The standard InChI is InChI=1S/C32H30O7/c1-19(2)30(33)37-25-12-8-23(9-13-25)27-17-29(39-32(35)22(6)18-36-7)28(16-21(27)5)24-10-14-26(15-11-24)38-31(34)20(3)4/h8-17H,1,3,6,18H2,2,4-5,7H3. The first-order valence-corrected chi connectivity index (χ1v) is 12.0. The molecule has 0 unspecified atom stereocenters. The van der Waals surface area contributed by atoms with Gasteiger partial charge in [-0.25, -0.2) is 14.4 Å². The molecule has 0 radical (unpaired) electrons.